The Bertz CT molecular complexity index is 527. The molecule has 0 spiro atoms. The normalized spacial score (nSPS) is 10.5. The molecule has 0 aliphatic carbocycles. The Morgan fingerprint density at radius 2 is 1.62 bits per heavy atom. The van der Waals surface area contributed by atoms with Crippen molar-refractivity contribution < 1.29 is 0 Å². The zero-order valence-corrected chi connectivity index (χ0v) is 12.0. The Morgan fingerprint density at radius 3 is 2.38 bits per heavy atom. The van der Waals surface area contributed by atoms with Crippen LogP contribution in [-0.2, 0) is 0 Å². The number of hydrogen-bond acceptors (Lipinski definition) is 0. The standard InChI is InChI=1S/C15H15I/c1-10-7-8-11(2)14(9-10)13-5-4-6-15(16)12(13)3/h4-9H,1-3H3. The van der Waals surface area contributed by atoms with Crippen molar-refractivity contribution in [2.45, 2.75) is 20.8 Å². The van der Waals surface area contributed by atoms with Crippen LogP contribution in [0.25, 0.3) is 11.1 Å². The summed E-state index contributed by atoms with van der Waals surface area (Å²) in [5, 5.41) is 0. The summed E-state index contributed by atoms with van der Waals surface area (Å²) >= 11 is 2.40. The first-order valence-electron chi connectivity index (χ1n) is 5.42. The molecule has 0 amide bonds. The molecule has 0 atom stereocenters. The Kier molecular flexibility index (Phi) is 3.33. The second kappa shape index (κ2) is 4.58. The molecule has 0 N–H and O–H groups in total. The first-order valence-corrected chi connectivity index (χ1v) is 6.50. The van der Waals surface area contributed by atoms with E-state index in [0.717, 1.165) is 0 Å². The second-order valence-corrected chi connectivity index (χ2v) is 5.39. The van der Waals surface area contributed by atoms with Gasteiger partial charge in [0.05, 0.1) is 0 Å². The van der Waals surface area contributed by atoms with Gasteiger partial charge >= 0.3 is 0 Å². The average Bonchev–Trinajstić information content (AvgIpc) is 2.26. The summed E-state index contributed by atoms with van der Waals surface area (Å²) in [6.07, 6.45) is 0. The highest BCUT2D eigenvalue weighted by atomic mass is 127. The average molecular weight is 322 g/mol. The molecule has 16 heavy (non-hydrogen) atoms. The minimum Gasteiger partial charge on any atom is -0.0606 e. The first kappa shape index (κ1) is 11.6. The monoisotopic (exact) mass is 322 g/mol. The van der Waals surface area contributed by atoms with Gasteiger partial charge in [0.15, 0.2) is 0 Å². The lowest BCUT2D eigenvalue weighted by Gasteiger charge is -2.11. The molecule has 0 fully saturated rings. The molecule has 2 aromatic rings. The van der Waals surface area contributed by atoms with Crippen LogP contribution >= 0.6 is 22.6 Å². The predicted molar refractivity (Wildman–Crippen MR) is 78.8 cm³/mol. The topological polar surface area (TPSA) is 0 Å². The fourth-order valence-electron chi connectivity index (χ4n) is 1.93. The molecule has 0 aliphatic rings. The van der Waals surface area contributed by atoms with Gasteiger partial charge in [-0.2, -0.15) is 0 Å². The van der Waals surface area contributed by atoms with Crippen molar-refractivity contribution in [3.05, 3.63) is 56.7 Å². The fraction of sp³-hybridized carbons (Fsp3) is 0.200. The SMILES string of the molecule is Cc1ccc(C)c(-c2cccc(I)c2C)c1. The predicted octanol–water partition coefficient (Wildman–Crippen LogP) is 4.88. The van der Waals surface area contributed by atoms with Crippen LogP contribution in [-0.4, -0.2) is 0 Å². The van der Waals surface area contributed by atoms with Crippen molar-refractivity contribution in [1.29, 1.82) is 0 Å². The largest absolute Gasteiger partial charge is 0.0606 e. The molecule has 0 nitrogen and oxygen atoms in total. The lowest BCUT2D eigenvalue weighted by molar-refractivity contribution is 1.36. The molecule has 0 saturated carbocycles. The molecule has 0 aliphatic heterocycles. The number of benzene rings is 2. The molecule has 0 unspecified atom stereocenters. The van der Waals surface area contributed by atoms with Gasteiger partial charge in [-0.15, -0.1) is 0 Å². The van der Waals surface area contributed by atoms with Gasteiger partial charge in [-0.3, -0.25) is 0 Å². The van der Waals surface area contributed by atoms with E-state index in [1.54, 1.807) is 0 Å². The van der Waals surface area contributed by atoms with Crippen molar-refractivity contribution in [3.8, 4) is 11.1 Å². The van der Waals surface area contributed by atoms with Crippen molar-refractivity contribution in [2.75, 3.05) is 0 Å². The molecule has 82 valence electrons. The van der Waals surface area contributed by atoms with Crippen molar-refractivity contribution in [1.82, 2.24) is 0 Å². The van der Waals surface area contributed by atoms with E-state index < -0.39 is 0 Å². The van der Waals surface area contributed by atoms with E-state index >= 15 is 0 Å². The van der Waals surface area contributed by atoms with Crippen LogP contribution in [0.3, 0.4) is 0 Å². The maximum atomic E-state index is 2.40. The van der Waals surface area contributed by atoms with Crippen LogP contribution in [0.1, 0.15) is 16.7 Å². The van der Waals surface area contributed by atoms with Gasteiger partial charge < -0.3 is 0 Å². The van der Waals surface area contributed by atoms with Gasteiger partial charge in [0.1, 0.15) is 0 Å². The highest BCUT2D eigenvalue weighted by Crippen LogP contribution is 2.29. The third-order valence-electron chi connectivity index (χ3n) is 2.95. The van der Waals surface area contributed by atoms with Crippen LogP contribution in [0.5, 0.6) is 0 Å². The summed E-state index contributed by atoms with van der Waals surface area (Å²) < 4.78 is 1.33. The summed E-state index contributed by atoms with van der Waals surface area (Å²) in [5.41, 5.74) is 6.75. The van der Waals surface area contributed by atoms with Crippen LogP contribution in [0.15, 0.2) is 36.4 Å². The first-order chi connectivity index (χ1) is 7.59. The van der Waals surface area contributed by atoms with Crippen molar-refractivity contribution in [2.24, 2.45) is 0 Å². The van der Waals surface area contributed by atoms with Crippen molar-refractivity contribution in [3.63, 3.8) is 0 Å². The number of aryl methyl sites for hydroxylation is 2. The molecular formula is C15H15I. The minimum absolute atomic E-state index is 1.32. The van der Waals surface area contributed by atoms with E-state index in [1.807, 2.05) is 0 Å². The summed E-state index contributed by atoms with van der Waals surface area (Å²) in [5.74, 6) is 0. The van der Waals surface area contributed by atoms with Gasteiger partial charge in [-0.1, -0.05) is 35.9 Å². The summed E-state index contributed by atoms with van der Waals surface area (Å²) in [4.78, 5) is 0. The van der Waals surface area contributed by atoms with Crippen LogP contribution in [0, 0.1) is 24.3 Å². The Hall–Kier alpha value is -0.830. The van der Waals surface area contributed by atoms with Gasteiger partial charge in [0, 0.05) is 3.57 Å². The zero-order chi connectivity index (χ0) is 11.7. The molecule has 0 aromatic heterocycles. The number of halogens is 1. The fourth-order valence-corrected chi connectivity index (χ4v) is 2.42. The summed E-state index contributed by atoms with van der Waals surface area (Å²) in [7, 11) is 0. The van der Waals surface area contributed by atoms with Gasteiger partial charge in [0.2, 0.25) is 0 Å². The lowest BCUT2D eigenvalue weighted by atomic mass is 9.95. The van der Waals surface area contributed by atoms with Crippen molar-refractivity contribution >= 4 is 22.6 Å². The van der Waals surface area contributed by atoms with E-state index in [0.29, 0.717) is 0 Å². The molecule has 0 bridgehead atoms. The van der Waals surface area contributed by atoms with Gasteiger partial charge in [-0.05, 0) is 71.7 Å². The number of rotatable bonds is 1. The van der Waals surface area contributed by atoms with E-state index in [9.17, 15) is 0 Å². The third kappa shape index (κ3) is 2.14. The lowest BCUT2D eigenvalue weighted by Crippen LogP contribution is -1.90. The molecule has 0 heterocycles. The van der Waals surface area contributed by atoms with E-state index in [-0.39, 0.29) is 0 Å². The maximum Gasteiger partial charge on any atom is 0.0165 e. The molecule has 1 heteroatoms. The van der Waals surface area contributed by atoms with E-state index in [4.69, 9.17) is 0 Å². The Balaban J connectivity index is 2.67. The van der Waals surface area contributed by atoms with Crippen LogP contribution < -0.4 is 0 Å². The van der Waals surface area contributed by atoms with Crippen LogP contribution in [0.4, 0.5) is 0 Å². The smallest absolute Gasteiger partial charge is 0.0165 e. The van der Waals surface area contributed by atoms with E-state index in [1.165, 1.54) is 31.4 Å². The molecule has 0 saturated heterocycles. The summed E-state index contributed by atoms with van der Waals surface area (Å²) in [6.45, 7) is 6.51. The number of hydrogen-bond donors (Lipinski definition) is 0. The zero-order valence-electron chi connectivity index (χ0n) is 9.84. The quantitative estimate of drug-likeness (QED) is 0.656. The minimum atomic E-state index is 1.32. The summed E-state index contributed by atoms with van der Waals surface area (Å²) in [6, 6.07) is 13.1. The van der Waals surface area contributed by atoms with Gasteiger partial charge in [-0.25, -0.2) is 0 Å². The molecule has 2 aromatic carbocycles. The highest BCUT2D eigenvalue weighted by molar-refractivity contribution is 14.1. The van der Waals surface area contributed by atoms with Gasteiger partial charge in [0.25, 0.3) is 0 Å². The molecule has 2 rings (SSSR count). The van der Waals surface area contributed by atoms with Crippen LogP contribution in [0.2, 0.25) is 0 Å². The highest BCUT2D eigenvalue weighted by Gasteiger charge is 2.06. The Morgan fingerprint density at radius 1 is 0.875 bits per heavy atom. The molecule has 0 radical (unpaired) electrons. The maximum absolute atomic E-state index is 2.40. The Labute approximate surface area is 111 Å². The molecular weight excluding hydrogens is 307 g/mol. The van der Waals surface area contributed by atoms with E-state index in [2.05, 4.69) is 79.8 Å². The second-order valence-electron chi connectivity index (χ2n) is 4.23. The third-order valence-corrected chi connectivity index (χ3v) is 4.12.